The van der Waals surface area contributed by atoms with Gasteiger partial charge in [0.05, 0.1) is 14.2 Å². The fraction of sp³-hybridized carbons (Fsp3) is 0.571. The third kappa shape index (κ3) is 3.13. The fourth-order valence-corrected chi connectivity index (χ4v) is 2.44. The molecule has 1 heterocycles. The van der Waals surface area contributed by atoms with Crippen LogP contribution in [0.2, 0.25) is 0 Å². The van der Waals surface area contributed by atoms with Crippen molar-refractivity contribution in [1.29, 1.82) is 0 Å². The standard InChI is InChI=1S/C14H21NO2/c1-16-13-6-5-11(9-14(13)17-2)8-12-4-3-7-15-10-12/h5-6,9,12,15H,3-4,7-8,10H2,1-2H3/t12-/m1/s1. The molecule has 1 N–H and O–H groups in total. The minimum absolute atomic E-state index is 0.752. The van der Waals surface area contributed by atoms with Crippen LogP contribution in [0, 0.1) is 5.92 Å². The van der Waals surface area contributed by atoms with Gasteiger partial charge in [-0.1, -0.05) is 6.07 Å². The summed E-state index contributed by atoms with van der Waals surface area (Å²) >= 11 is 0. The van der Waals surface area contributed by atoms with E-state index in [9.17, 15) is 0 Å². The molecule has 0 aliphatic carbocycles. The molecule has 1 aliphatic heterocycles. The monoisotopic (exact) mass is 235 g/mol. The van der Waals surface area contributed by atoms with E-state index >= 15 is 0 Å². The van der Waals surface area contributed by atoms with Gasteiger partial charge in [-0.05, 0) is 56.0 Å². The van der Waals surface area contributed by atoms with Crippen LogP contribution < -0.4 is 14.8 Å². The van der Waals surface area contributed by atoms with Crippen molar-refractivity contribution < 1.29 is 9.47 Å². The second-order valence-corrected chi connectivity index (χ2v) is 4.61. The number of nitrogens with one attached hydrogen (secondary N) is 1. The molecule has 1 atom stereocenters. The third-order valence-electron chi connectivity index (χ3n) is 3.37. The van der Waals surface area contributed by atoms with Crippen LogP contribution in [0.15, 0.2) is 18.2 Å². The van der Waals surface area contributed by atoms with Crippen LogP contribution >= 0.6 is 0 Å². The molecule has 0 saturated carbocycles. The van der Waals surface area contributed by atoms with Gasteiger partial charge in [0.1, 0.15) is 0 Å². The summed E-state index contributed by atoms with van der Waals surface area (Å²) in [5.74, 6) is 2.38. The average molecular weight is 235 g/mol. The summed E-state index contributed by atoms with van der Waals surface area (Å²) in [5, 5.41) is 3.45. The second-order valence-electron chi connectivity index (χ2n) is 4.61. The highest BCUT2D eigenvalue weighted by molar-refractivity contribution is 5.43. The quantitative estimate of drug-likeness (QED) is 0.868. The van der Waals surface area contributed by atoms with Crippen molar-refractivity contribution in [2.75, 3.05) is 27.3 Å². The molecule has 1 aromatic carbocycles. The normalized spacial score (nSPS) is 20.0. The Hall–Kier alpha value is -1.22. The number of ether oxygens (including phenoxy) is 2. The van der Waals surface area contributed by atoms with Crippen molar-refractivity contribution in [2.45, 2.75) is 19.3 Å². The van der Waals surface area contributed by atoms with E-state index < -0.39 is 0 Å². The first-order valence-electron chi connectivity index (χ1n) is 6.25. The maximum Gasteiger partial charge on any atom is 0.160 e. The predicted molar refractivity (Wildman–Crippen MR) is 68.8 cm³/mol. The molecule has 94 valence electrons. The summed E-state index contributed by atoms with van der Waals surface area (Å²) in [4.78, 5) is 0. The van der Waals surface area contributed by atoms with E-state index in [1.165, 1.54) is 24.9 Å². The summed E-state index contributed by atoms with van der Waals surface area (Å²) in [5.41, 5.74) is 1.33. The average Bonchev–Trinajstić information content (AvgIpc) is 2.40. The molecular formula is C14H21NO2. The van der Waals surface area contributed by atoms with Gasteiger partial charge in [-0.2, -0.15) is 0 Å². The van der Waals surface area contributed by atoms with E-state index in [1.807, 2.05) is 6.07 Å². The molecule has 0 aromatic heterocycles. The Labute approximate surface area is 103 Å². The summed E-state index contributed by atoms with van der Waals surface area (Å²) in [6.07, 6.45) is 3.73. The van der Waals surface area contributed by atoms with E-state index in [0.29, 0.717) is 0 Å². The summed E-state index contributed by atoms with van der Waals surface area (Å²) < 4.78 is 10.6. The van der Waals surface area contributed by atoms with Crippen LogP contribution in [-0.4, -0.2) is 27.3 Å². The molecule has 1 fully saturated rings. The van der Waals surface area contributed by atoms with Gasteiger partial charge in [0.25, 0.3) is 0 Å². The number of hydrogen-bond donors (Lipinski definition) is 1. The van der Waals surface area contributed by atoms with Gasteiger partial charge in [0, 0.05) is 0 Å². The molecule has 1 aromatic rings. The molecule has 3 nitrogen and oxygen atoms in total. The number of methoxy groups -OCH3 is 2. The van der Waals surface area contributed by atoms with Crippen LogP contribution in [0.5, 0.6) is 11.5 Å². The van der Waals surface area contributed by atoms with Gasteiger partial charge in [0.2, 0.25) is 0 Å². The SMILES string of the molecule is COc1ccc(C[C@H]2CCCNC2)cc1OC. The Morgan fingerprint density at radius 1 is 1.24 bits per heavy atom. The Morgan fingerprint density at radius 2 is 2.06 bits per heavy atom. The van der Waals surface area contributed by atoms with Gasteiger partial charge >= 0.3 is 0 Å². The minimum atomic E-state index is 0.752. The van der Waals surface area contributed by atoms with Gasteiger partial charge in [-0.15, -0.1) is 0 Å². The maximum atomic E-state index is 5.33. The van der Waals surface area contributed by atoms with E-state index in [2.05, 4.69) is 17.4 Å². The number of benzene rings is 1. The van der Waals surface area contributed by atoms with E-state index in [0.717, 1.165) is 30.4 Å². The smallest absolute Gasteiger partial charge is 0.160 e. The van der Waals surface area contributed by atoms with E-state index in [4.69, 9.17) is 9.47 Å². The lowest BCUT2D eigenvalue weighted by Gasteiger charge is -2.23. The highest BCUT2D eigenvalue weighted by atomic mass is 16.5. The number of hydrogen-bond acceptors (Lipinski definition) is 3. The molecule has 1 aliphatic rings. The van der Waals surface area contributed by atoms with Gasteiger partial charge in [-0.3, -0.25) is 0 Å². The fourth-order valence-electron chi connectivity index (χ4n) is 2.44. The van der Waals surface area contributed by atoms with E-state index in [-0.39, 0.29) is 0 Å². The Balaban J connectivity index is 2.05. The molecule has 2 rings (SSSR count). The van der Waals surface area contributed by atoms with Gasteiger partial charge in [0.15, 0.2) is 11.5 Å². The van der Waals surface area contributed by atoms with Crippen molar-refractivity contribution in [3.63, 3.8) is 0 Å². The molecule has 0 amide bonds. The molecule has 17 heavy (non-hydrogen) atoms. The zero-order chi connectivity index (χ0) is 12.1. The summed E-state index contributed by atoms with van der Waals surface area (Å²) in [7, 11) is 3.35. The first-order valence-corrected chi connectivity index (χ1v) is 6.25. The molecule has 0 unspecified atom stereocenters. The molecule has 1 saturated heterocycles. The van der Waals surface area contributed by atoms with Gasteiger partial charge in [-0.25, -0.2) is 0 Å². The van der Waals surface area contributed by atoms with Crippen molar-refractivity contribution in [3.8, 4) is 11.5 Å². The maximum absolute atomic E-state index is 5.33. The lowest BCUT2D eigenvalue weighted by molar-refractivity contribution is 0.352. The first-order chi connectivity index (χ1) is 8.33. The van der Waals surface area contributed by atoms with Crippen LogP contribution in [0.4, 0.5) is 0 Å². The van der Waals surface area contributed by atoms with Crippen molar-refractivity contribution >= 4 is 0 Å². The zero-order valence-electron chi connectivity index (χ0n) is 10.7. The number of rotatable bonds is 4. The third-order valence-corrected chi connectivity index (χ3v) is 3.37. The first kappa shape index (κ1) is 12.2. The second kappa shape index (κ2) is 5.92. The Bertz CT molecular complexity index is 359. The Morgan fingerprint density at radius 3 is 2.71 bits per heavy atom. The topological polar surface area (TPSA) is 30.5 Å². The van der Waals surface area contributed by atoms with Crippen molar-refractivity contribution in [3.05, 3.63) is 23.8 Å². The van der Waals surface area contributed by atoms with Gasteiger partial charge < -0.3 is 14.8 Å². The summed E-state index contributed by atoms with van der Waals surface area (Å²) in [6.45, 7) is 2.30. The highest BCUT2D eigenvalue weighted by Crippen LogP contribution is 2.29. The Kier molecular flexibility index (Phi) is 4.26. The van der Waals surface area contributed by atoms with Crippen molar-refractivity contribution in [1.82, 2.24) is 5.32 Å². The molecule has 0 radical (unpaired) electrons. The summed E-state index contributed by atoms with van der Waals surface area (Å²) in [6, 6.07) is 6.22. The highest BCUT2D eigenvalue weighted by Gasteiger charge is 2.14. The number of piperidine rings is 1. The molecular weight excluding hydrogens is 214 g/mol. The predicted octanol–water partition coefficient (Wildman–Crippen LogP) is 2.25. The molecule has 0 bridgehead atoms. The van der Waals surface area contributed by atoms with Crippen molar-refractivity contribution in [2.24, 2.45) is 5.92 Å². The zero-order valence-corrected chi connectivity index (χ0v) is 10.7. The minimum Gasteiger partial charge on any atom is -0.493 e. The lowest BCUT2D eigenvalue weighted by atomic mass is 9.92. The largest absolute Gasteiger partial charge is 0.493 e. The molecule has 0 spiro atoms. The van der Waals surface area contributed by atoms with Crippen LogP contribution in [0.3, 0.4) is 0 Å². The van der Waals surface area contributed by atoms with Crippen LogP contribution in [-0.2, 0) is 6.42 Å². The van der Waals surface area contributed by atoms with E-state index in [1.54, 1.807) is 14.2 Å². The van der Waals surface area contributed by atoms with Crippen LogP contribution in [0.1, 0.15) is 18.4 Å². The van der Waals surface area contributed by atoms with Crippen LogP contribution in [0.25, 0.3) is 0 Å². The lowest BCUT2D eigenvalue weighted by Crippen LogP contribution is -2.30. The molecule has 3 heteroatoms.